The number of nitrogens with one attached hydrogen (secondary N) is 1. The largest absolute Gasteiger partial charge is 0.336 e. The summed E-state index contributed by atoms with van der Waals surface area (Å²) in [6.07, 6.45) is 0. The first kappa shape index (κ1) is 14.5. The summed E-state index contributed by atoms with van der Waals surface area (Å²) in [5, 5.41) is 2.64. The number of carbonyl (C=O) groups excluding carboxylic acids is 2. The molecule has 3 amide bonds. The van der Waals surface area contributed by atoms with Crippen LogP contribution in [0.1, 0.15) is 11.8 Å². The standard InChI is InChI=1S/C12H16BrN3O2S/c1-2-15(7-9-3-4-10(13)19-9)8-11(17)16-6-5-14-12(16)18/h3-4H,2,5-8H2,1H3,(H,14,18). The topological polar surface area (TPSA) is 52.7 Å². The smallest absolute Gasteiger partial charge is 0.324 e. The van der Waals surface area contributed by atoms with Crippen molar-refractivity contribution in [2.45, 2.75) is 13.5 Å². The van der Waals surface area contributed by atoms with Gasteiger partial charge in [0.15, 0.2) is 0 Å². The number of rotatable bonds is 5. The minimum atomic E-state index is -0.278. The van der Waals surface area contributed by atoms with Crippen LogP contribution in [0.2, 0.25) is 0 Å². The number of nitrogens with zero attached hydrogens (tertiary/aromatic N) is 2. The number of halogens is 1. The van der Waals surface area contributed by atoms with Crippen LogP contribution in [0.15, 0.2) is 15.9 Å². The van der Waals surface area contributed by atoms with Gasteiger partial charge in [-0.2, -0.15) is 0 Å². The van der Waals surface area contributed by atoms with E-state index in [0.717, 1.165) is 16.9 Å². The number of thiophene rings is 1. The summed E-state index contributed by atoms with van der Waals surface area (Å²) >= 11 is 5.09. The number of carbonyl (C=O) groups is 2. The molecule has 19 heavy (non-hydrogen) atoms. The Balaban J connectivity index is 1.91. The van der Waals surface area contributed by atoms with Crippen LogP contribution in [-0.4, -0.2) is 47.9 Å². The Morgan fingerprint density at radius 1 is 1.58 bits per heavy atom. The molecule has 1 saturated heterocycles. The SMILES string of the molecule is CCN(CC(=O)N1CCNC1=O)Cc1ccc(Br)s1. The molecule has 0 atom stereocenters. The van der Waals surface area contributed by atoms with Gasteiger partial charge >= 0.3 is 6.03 Å². The van der Waals surface area contributed by atoms with E-state index in [2.05, 4.69) is 21.2 Å². The lowest BCUT2D eigenvalue weighted by atomic mass is 10.3. The Hall–Kier alpha value is -0.920. The first-order chi connectivity index (χ1) is 9.10. The summed E-state index contributed by atoms with van der Waals surface area (Å²) in [5.41, 5.74) is 0. The van der Waals surface area contributed by atoms with E-state index in [1.165, 1.54) is 9.78 Å². The van der Waals surface area contributed by atoms with E-state index < -0.39 is 0 Å². The molecule has 0 saturated carbocycles. The molecule has 1 N–H and O–H groups in total. The van der Waals surface area contributed by atoms with E-state index in [0.29, 0.717) is 13.1 Å². The first-order valence-corrected chi connectivity index (χ1v) is 7.76. The fourth-order valence-corrected chi connectivity index (χ4v) is 3.45. The highest BCUT2D eigenvalue weighted by Crippen LogP contribution is 2.23. The van der Waals surface area contributed by atoms with Crippen molar-refractivity contribution in [3.63, 3.8) is 0 Å². The lowest BCUT2D eigenvalue weighted by molar-refractivity contribution is -0.128. The molecule has 7 heteroatoms. The molecule has 1 aliphatic rings. The van der Waals surface area contributed by atoms with E-state index in [1.807, 2.05) is 24.0 Å². The second kappa shape index (κ2) is 6.49. The maximum Gasteiger partial charge on any atom is 0.324 e. The molecule has 0 unspecified atom stereocenters. The average molecular weight is 346 g/mol. The zero-order valence-corrected chi connectivity index (χ0v) is 13.1. The third-order valence-electron chi connectivity index (χ3n) is 2.97. The lowest BCUT2D eigenvalue weighted by Crippen LogP contribution is -2.41. The second-order valence-corrected chi connectivity index (χ2v) is 6.83. The normalized spacial score (nSPS) is 15.1. The van der Waals surface area contributed by atoms with Crippen molar-refractivity contribution in [2.24, 2.45) is 0 Å². The summed E-state index contributed by atoms with van der Waals surface area (Å²) in [7, 11) is 0. The summed E-state index contributed by atoms with van der Waals surface area (Å²) in [4.78, 5) is 28.0. The van der Waals surface area contributed by atoms with Crippen LogP contribution in [0, 0.1) is 0 Å². The van der Waals surface area contributed by atoms with Crippen molar-refractivity contribution in [1.29, 1.82) is 0 Å². The van der Waals surface area contributed by atoms with E-state index in [9.17, 15) is 9.59 Å². The first-order valence-electron chi connectivity index (χ1n) is 6.15. The lowest BCUT2D eigenvalue weighted by Gasteiger charge is -2.21. The molecule has 104 valence electrons. The fourth-order valence-electron chi connectivity index (χ4n) is 1.92. The maximum absolute atomic E-state index is 12.0. The summed E-state index contributed by atoms with van der Waals surface area (Å²) in [5.74, 6) is -0.132. The number of likely N-dealkylation sites (N-methyl/N-ethyl adjacent to an activating group) is 1. The zero-order chi connectivity index (χ0) is 13.8. The Kier molecular flexibility index (Phi) is 4.95. The highest BCUT2D eigenvalue weighted by atomic mass is 79.9. The fraction of sp³-hybridized carbons (Fsp3) is 0.500. The number of imide groups is 1. The van der Waals surface area contributed by atoms with Gasteiger partial charge in [-0.25, -0.2) is 4.79 Å². The molecule has 5 nitrogen and oxygen atoms in total. The van der Waals surface area contributed by atoms with E-state index in [4.69, 9.17) is 0 Å². The molecule has 0 aromatic carbocycles. The van der Waals surface area contributed by atoms with Crippen molar-refractivity contribution < 1.29 is 9.59 Å². The second-order valence-electron chi connectivity index (χ2n) is 4.29. The molecule has 0 bridgehead atoms. The third-order valence-corrected chi connectivity index (χ3v) is 4.58. The van der Waals surface area contributed by atoms with Gasteiger partial charge in [0, 0.05) is 24.5 Å². The number of amides is 3. The summed E-state index contributed by atoms with van der Waals surface area (Å²) in [6.45, 7) is 4.82. The van der Waals surface area contributed by atoms with Crippen LogP contribution in [0.5, 0.6) is 0 Å². The van der Waals surface area contributed by atoms with E-state index in [1.54, 1.807) is 11.3 Å². The van der Waals surface area contributed by atoms with Gasteiger partial charge in [-0.15, -0.1) is 11.3 Å². The molecule has 1 aromatic heterocycles. The number of hydrogen-bond acceptors (Lipinski definition) is 4. The van der Waals surface area contributed by atoms with Crippen molar-refractivity contribution in [3.05, 3.63) is 20.8 Å². The molecule has 1 aromatic rings. The van der Waals surface area contributed by atoms with Gasteiger partial charge in [0.1, 0.15) is 0 Å². The summed E-state index contributed by atoms with van der Waals surface area (Å²) < 4.78 is 1.09. The van der Waals surface area contributed by atoms with Gasteiger partial charge in [-0.1, -0.05) is 6.92 Å². The number of urea groups is 1. The molecular formula is C12H16BrN3O2S. The molecule has 2 heterocycles. The highest BCUT2D eigenvalue weighted by molar-refractivity contribution is 9.11. The van der Waals surface area contributed by atoms with Gasteiger partial charge in [-0.3, -0.25) is 14.6 Å². The van der Waals surface area contributed by atoms with Crippen LogP contribution >= 0.6 is 27.3 Å². The van der Waals surface area contributed by atoms with Crippen molar-refractivity contribution in [3.8, 4) is 0 Å². The molecule has 2 rings (SSSR count). The minimum absolute atomic E-state index is 0.132. The van der Waals surface area contributed by atoms with Crippen LogP contribution < -0.4 is 5.32 Å². The molecule has 1 fully saturated rings. The molecule has 0 radical (unpaired) electrons. The Morgan fingerprint density at radius 2 is 2.37 bits per heavy atom. The highest BCUT2D eigenvalue weighted by Gasteiger charge is 2.27. The van der Waals surface area contributed by atoms with Crippen LogP contribution in [0.3, 0.4) is 0 Å². The van der Waals surface area contributed by atoms with Crippen LogP contribution in [-0.2, 0) is 11.3 Å². The molecule has 0 spiro atoms. The minimum Gasteiger partial charge on any atom is -0.336 e. The molecular weight excluding hydrogens is 330 g/mol. The monoisotopic (exact) mass is 345 g/mol. The third kappa shape index (κ3) is 3.77. The van der Waals surface area contributed by atoms with Gasteiger partial charge < -0.3 is 5.32 Å². The quantitative estimate of drug-likeness (QED) is 0.886. The maximum atomic E-state index is 12.0. The molecule has 1 aliphatic heterocycles. The predicted molar refractivity (Wildman–Crippen MR) is 78.1 cm³/mol. The van der Waals surface area contributed by atoms with Crippen molar-refractivity contribution >= 4 is 39.2 Å². The van der Waals surface area contributed by atoms with Crippen molar-refractivity contribution in [2.75, 3.05) is 26.2 Å². The zero-order valence-electron chi connectivity index (χ0n) is 10.7. The number of hydrogen-bond donors (Lipinski definition) is 1. The van der Waals surface area contributed by atoms with Crippen LogP contribution in [0.4, 0.5) is 4.79 Å². The van der Waals surface area contributed by atoms with Gasteiger partial charge in [-0.05, 0) is 34.6 Å². The van der Waals surface area contributed by atoms with Crippen LogP contribution in [0.25, 0.3) is 0 Å². The van der Waals surface area contributed by atoms with Gasteiger partial charge in [0.05, 0.1) is 10.3 Å². The predicted octanol–water partition coefficient (Wildman–Crippen LogP) is 1.88. The van der Waals surface area contributed by atoms with E-state index >= 15 is 0 Å². The Morgan fingerprint density at radius 3 is 2.89 bits per heavy atom. The Labute approximate surface area is 124 Å². The van der Waals surface area contributed by atoms with Gasteiger partial charge in [0.25, 0.3) is 0 Å². The van der Waals surface area contributed by atoms with E-state index in [-0.39, 0.29) is 18.5 Å². The average Bonchev–Trinajstić information content (AvgIpc) is 2.97. The summed E-state index contributed by atoms with van der Waals surface area (Å²) in [6, 6.07) is 3.77. The Bertz CT molecular complexity index is 477. The van der Waals surface area contributed by atoms with Gasteiger partial charge in [0.2, 0.25) is 5.91 Å². The molecule has 0 aliphatic carbocycles. The van der Waals surface area contributed by atoms with Crippen molar-refractivity contribution in [1.82, 2.24) is 15.1 Å².